The highest BCUT2D eigenvalue weighted by atomic mass is 32.2. The lowest BCUT2D eigenvalue weighted by atomic mass is 9.39. The molecule has 9 fully saturated rings. The molecule has 0 spiro atoms. The number of hydrogen-bond donors (Lipinski definition) is 2. The highest BCUT2D eigenvalue weighted by Crippen LogP contribution is 2.72. The fraction of sp³-hybridized carbons (Fsp3) is 0.778. The van der Waals surface area contributed by atoms with Gasteiger partial charge in [-0.15, -0.1) is 0 Å². The minimum Gasteiger partial charge on any atom is -0.507 e. The largest absolute Gasteiger partial charge is 0.507 e. The second kappa shape index (κ2) is 14.1. The van der Waals surface area contributed by atoms with E-state index in [-0.39, 0.29) is 21.7 Å². The number of hydrogen-bond acceptors (Lipinski definition) is 4. The molecule has 11 rings (SSSR count). The Kier molecular flexibility index (Phi) is 10.2. The van der Waals surface area contributed by atoms with E-state index in [0.29, 0.717) is 43.7 Å². The van der Waals surface area contributed by atoms with Crippen LogP contribution in [0.25, 0.3) is 0 Å². The molecule has 0 saturated heterocycles. The van der Waals surface area contributed by atoms with Crippen molar-refractivity contribution >= 4 is 23.5 Å². The van der Waals surface area contributed by atoms with Crippen molar-refractivity contribution in [2.24, 2.45) is 33.5 Å². The van der Waals surface area contributed by atoms with Gasteiger partial charge in [0.15, 0.2) is 0 Å². The third kappa shape index (κ3) is 7.65. The molecule has 2 N–H and O–H groups in total. The summed E-state index contributed by atoms with van der Waals surface area (Å²) >= 11 is 4.29. The van der Waals surface area contributed by atoms with Crippen LogP contribution in [0.3, 0.4) is 0 Å². The monoisotopic (exact) mass is 825 g/mol. The van der Waals surface area contributed by atoms with Gasteiger partial charge in [-0.1, -0.05) is 119 Å². The molecule has 6 unspecified atom stereocenters. The zero-order chi connectivity index (χ0) is 41.3. The Morgan fingerprint density at radius 2 is 0.845 bits per heavy atom. The summed E-state index contributed by atoms with van der Waals surface area (Å²) in [6.07, 6.45) is 23.5. The predicted octanol–water partition coefficient (Wildman–Crippen LogP) is 15.4. The van der Waals surface area contributed by atoms with E-state index in [1.54, 1.807) is 0 Å². The number of phenolic OH excluding ortho intramolecular Hbond substituents is 2. The quantitative estimate of drug-likeness (QED) is 0.278. The van der Waals surface area contributed by atoms with E-state index in [4.69, 9.17) is 0 Å². The van der Waals surface area contributed by atoms with Gasteiger partial charge in [0.1, 0.15) is 11.5 Å². The molecule has 0 radical (unpaired) electrons. The highest BCUT2D eigenvalue weighted by molar-refractivity contribution is 8.03. The fourth-order valence-corrected chi connectivity index (χ4v) is 20.0. The minimum absolute atomic E-state index is 0.0324. The van der Waals surface area contributed by atoms with Crippen LogP contribution < -0.4 is 0 Å². The molecule has 8 atom stereocenters. The van der Waals surface area contributed by atoms with Crippen LogP contribution in [0, 0.1) is 33.5 Å². The third-order valence-electron chi connectivity index (χ3n) is 17.6. The van der Waals surface area contributed by atoms with Crippen molar-refractivity contribution in [2.75, 3.05) is 0 Å². The number of phenols is 2. The Bertz CT molecular complexity index is 1740. The molecular weight excluding hydrogens is 745 g/mol. The first-order valence-corrected chi connectivity index (χ1v) is 26.1. The van der Waals surface area contributed by atoms with E-state index in [2.05, 4.69) is 117 Å². The summed E-state index contributed by atoms with van der Waals surface area (Å²) in [6, 6.07) is 9.72. The Morgan fingerprint density at radius 3 is 1.16 bits per heavy atom. The van der Waals surface area contributed by atoms with E-state index in [0.717, 1.165) is 23.3 Å². The molecule has 2 aromatic carbocycles. The van der Waals surface area contributed by atoms with Crippen LogP contribution >= 0.6 is 23.5 Å². The van der Waals surface area contributed by atoms with Crippen LogP contribution in [0.2, 0.25) is 0 Å². The SMILES string of the molecule is CC12CC3CC(C)(C1)CC(c1cc(C(C)(C)C)cc(CSC4CCCCCCC4SCc4cc(C(C)(C)C)cc([C@@]56CC7CC(C)(C[C@@](C)(C7)C5)C6)c4O)c1O)(C3)C2. The molecule has 9 aliphatic carbocycles. The normalized spacial score (nSPS) is 40.9. The Balaban J connectivity index is 0.996. The number of thioether (sulfide) groups is 2. The molecule has 0 amide bonds. The van der Waals surface area contributed by atoms with Gasteiger partial charge in [-0.2, -0.15) is 23.5 Å². The lowest BCUT2D eigenvalue weighted by Gasteiger charge is -2.65. The van der Waals surface area contributed by atoms with Gasteiger partial charge in [0, 0.05) is 55.1 Å². The van der Waals surface area contributed by atoms with Crippen molar-refractivity contribution < 1.29 is 10.2 Å². The average Bonchev–Trinajstić information content (AvgIpc) is 3.04. The van der Waals surface area contributed by atoms with E-state index in [1.165, 1.54) is 149 Å². The summed E-state index contributed by atoms with van der Waals surface area (Å²) in [4.78, 5) is 0. The van der Waals surface area contributed by atoms with Crippen LogP contribution in [-0.4, -0.2) is 20.7 Å². The lowest BCUT2D eigenvalue weighted by Crippen LogP contribution is -2.56. The molecule has 320 valence electrons. The zero-order valence-electron chi connectivity index (χ0n) is 38.5. The second-order valence-electron chi connectivity index (χ2n) is 26.1. The summed E-state index contributed by atoms with van der Waals surface area (Å²) in [5, 5.41) is 26.0. The Hall–Kier alpha value is -1.26. The first-order valence-electron chi connectivity index (χ1n) is 24.0. The first-order chi connectivity index (χ1) is 27.0. The van der Waals surface area contributed by atoms with Crippen molar-refractivity contribution in [2.45, 2.75) is 228 Å². The van der Waals surface area contributed by atoms with Gasteiger partial charge in [-0.3, -0.25) is 0 Å². The van der Waals surface area contributed by atoms with Gasteiger partial charge < -0.3 is 10.2 Å². The maximum atomic E-state index is 12.5. The van der Waals surface area contributed by atoms with Gasteiger partial charge in [-0.05, 0) is 145 Å². The Labute approximate surface area is 363 Å². The molecule has 2 nitrogen and oxygen atoms in total. The maximum absolute atomic E-state index is 12.5. The van der Waals surface area contributed by atoms with Crippen LogP contribution in [0.5, 0.6) is 11.5 Å². The summed E-state index contributed by atoms with van der Waals surface area (Å²) in [5.74, 6) is 4.63. The van der Waals surface area contributed by atoms with Crippen molar-refractivity contribution in [1.82, 2.24) is 0 Å². The van der Waals surface area contributed by atoms with Crippen molar-refractivity contribution in [3.63, 3.8) is 0 Å². The van der Waals surface area contributed by atoms with Crippen molar-refractivity contribution in [3.8, 4) is 11.5 Å². The molecule has 4 heteroatoms. The molecule has 0 aliphatic heterocycles. The molecule has 0 heterocycles. The van der Waals surface area contributed by atoms with Crippen molar-refractivity contribution in [3.05, 3.63) is 57.6 Å². The summed E-state index contributed by atoms with van der Waals surface area (Å²) in [5.41, 5.74) is 9.68. The fourth-order valence-electron chi connectivity index (χ4n) is 17.0. The van der Waals surface area contributed by atoms with Crippen LogP contribution in [0.4, 0.5) is 0 Å². The van der Waals surface area contributed by atoms with Gasteiger partial charge in [0.05, 0.1) is 0 Å². The number of rotatable bonds is 8. The molecule has 9 aliphatic rings. The molecule has 0 aromatic heterocycles. The molecular formula is C54H80O2S2. The summed E-state index contributed by atoms with van der Waals surface area (Å²) in [7, 11) is 0. The van der Waals surface area contributed by atoms with Gasteiger partial charge in [0.2, 0.25) is 0 Å². The summed E-state index contributed by atoms with van der Waals surface area (Å²) < 4.78 is 0. The van der Waals surface area contributed by atoms with E-state index >= 15 is 0 Å². The molecule has 2 aromatic rings. The number of benzene rings is 2. The van der Waals surface area contributed by atoms with Crippen LogP contribution in [0.15, 0.2) is 24.3 Å². The minimum atomic E-state index is 0.0324. The van der Waals surface area contributed by atoms with Crippen LogP contribution in [0.1, 0.15) is 218 Å². The summed E-state index contributed by atoms with van der Waals surface area (Å²) in [6.45, 7) is 24.5. The topological polar surface area (TPSA) is 40.5 Å². The third-order valence-corrected chi connectivity index (χ3v) is 20.7. The average molecular weight is 825 g/mol. The van der Waals surface area contributed by atoms with E-state index in [1.807, 2.05) is 0 Å². The Morgan fingerprint density at radius 1 is 0.500 bits per heavy atom. The lowest BCUT2D eigenvalue weighted by molar-refractivity contribution is -0.110. The van der Waals surface area contributed by atoms with Crippen LogP contribution in [-0.2, 0) is 33.2 Å². The number of aromatic hydroxyl groups is 2. The smallest absolute Gasteiger partial charge is 0.123 e. The van der Waals surface area contributed by atoms with Gasteiger partial charge >= 0.3 is 0 Å². The van der Waals surface area contributed by atoms with Gasteiger partial charge in [-0.25, -0.2) is 0 Å². The van der Waals surface area contributed by atoms with E-state index < -0.39 is 0 Å². The molecule has 9 saturated carbocycles. The van der Waals surface area contributed by atoms with E-state index in [9.17, 15) is 10.2 Å². The maximum Gasteiger partial charge on any atom is 0.123 e. The highest BCUT2D eigenvalue weighted by Gasteiger charge is 2.62. The predicted molar refractivity (Wildman–Crippen MR) is 250 cm³/mol. The second-order valence-corrected chi connectivity index (χ2v) is 28.5. The first kappa shape index (κ1) is 42.1. The van der Waals surface area contributed by atoms with Gasteiger partial charge in [0.25, 0.3) is 0 Å². The molecule has 8 bridgehead atoms. The van der Waals surface area contributed by atoms with Crippen molar-refractivity contribution in [1.29, 1.82) is 0 Å². The molecule has 58 heavy (non-hydrogen) atoms. The zero-order valence-corrected chi connectivity index (χ0v) is 40.1. The standard InChI is InChI=1S/C54H80O2S2/c1-47(2,3)39-17-37(45(55)41(19-39)53-25-35-21-49(7,31-53)29-50(8,22-35)32-53)27-57-43-15-13-11-12-14-16-44(43)58-28-38-18-40(48(4,5)6)20-42(46(38)56)54-26-36-23-51(9,33-54)30-52(10,24-36)34-54/h17-20,35-36,43-44,55-56H,11-16,21-34H2,1-10H3/t35?,36?,43?,44?,49-,50?,51?,52?,53+,54?/m1/s1.